The highest BCUT2D eigenvalue weighted by molar-refractivity contribution is 5.82. The number of likely N-dealkylation sites (tertiary alicyclic amines) is 1. The number of rotatable bonds is 4. The van der Waals surface area contributed by atoms with Gasteiger partial charge in [0.15, 0.2) is 0 Å². The number of amides is 1. The molecule has 0 spiro atoms. The Morgan fingerprint density at radius 2 is 1.92 bits per heavy atom. The second-order valence-electron chi connectivity index (χ2n) is 6.88. The molecule has 5 heteroatoms. The molecule has 1 saturated heterocycles. The van der Waals surface area contributed by atoms with Crippen molar-refractivity contribution in [2.24, 2.45) is 0 Å². The first kappa shape index (κ1) is 18.0. The zero-order valence-electron chi connectivity index (χ0n) is 14.5. The Bertz CT molecular complexity index is 591. The Labute approximate surface area is 143 Å². The van der Waals surface area contributed by atoms with Gasteiger partial charge >= 0.3 is 12.1 Å². The molecule has 5 nitrogen and oxygen atoms in total. The van der Waals surface area contributed by atoms with Gasteiger partial charge < -0.3 is 9.47 Å². The van der Waals surface area contributed by atoms with Crippen LogP contribution in [0.1, 0.15) is 39.2 Å². The van der Waals surface area contributed by atoms with Crippen molar-refractivity contribution in [2.75, 3.05) is 0 Å². The molecule has 1 fully saturated rings. The first-order chi connectivity index (χ1) is 11.3. The topological polar surface area (TPSA) is 55.8 Å². The predicted molar refractivity (Wildman–Crippen MR) is 91.3 cm³/mol. The number of hydrogen-bond acceptors (Lipinski definition) is 4. The fraction of sp³-hybridized carbons (Fsp3) is 0.474. The number of esters is 1. The van der Waals surface area contributed by atoms with Crippen molar-refractivity contribution in [3.63, 3.8) is 0 Å². The van der Waals surface area contributed by atoms with Gasteiger partial charge in [-0.1, -0.05) is 36.4 Å². The summed E-state index contributed by atoms with van der Waals surface area (Å²) in [7, 11) is 0. The van der Waals surface area contributed by atoms with Crippen molar-refractivity contribution in [1.82, 2.24) is 4.90 Å². The van der Waals surface area contributed by atoms with E-state index in [0.29, 0.717) is 12.8 Å². The maximum atomic E-state index is 12.5. The van der Waals surface area contributed by atoms with E-state index in [-0.39, 0.29) is 12.6 Å². The van der Waals surface area contributed by atoms with E-state index in [0.717, 1.165) is 5.56 Å². The monoisotopic (exact) mass is 331 g/mol. The Hall–Kier alpha value is -2.30. The van der Waals surface area contributed by atoms with E-state index in [4.69, 9.17) is 9.47 Å². The normalized spacial score (nSPS) is 20.5. The summed E-state index contributed by atoms with van der Waals surface area (Å²) < 4.78 is 10.8. The van der Waals surface area contributed by atoms with Gasteiger partial charge in [0.1, 0.15) is 18.2 Å². The maximum Gasteiger partial charge on any atom is 0.411 e. The highest BCUT2D eigenvalue weighted by Gasteiger charge is 2.42. The van der Waals surface area contributed by atoms with Crippen LogP contribution in [0.15, 0.2) is 43.0 Å². The third-order valence-electron chi connectivity index (χ3n) is 3.80. The maximum absolute atomic E-state index is 12.5. The smallest absolute Gasteiger partial charge is 0.411 e. The second-order valence-corrected chi connectivity index (χ2v) is 6.88. The zero-order chi connectivity index (χ0) is 17.7. The molecule has 0 aliphatic carbocycles. The summed E-state index contributed by atoms with van der Waals surface area (Å²) in [6.45, 7) is 9.34. The number of carbonyl (C=O) groups is 2. The molecule has 1 aliphatic heterocycles. The Morgan fingerprint density at radius 1 is 1.25 bits per heavy atom. The van der Waals surface area contributed by atoms with E-state index in [1.54, 1.807) is 26.8 Å². The lowest BCUT2D eigenvalue weighted by Crippen LogP contribution is -2.47. The molecule has 0 saturated carbocycles. The molecule has 1 heterocycles. The van der Waals surface area contributed by atoms with Gasteiger partial charge in [-0.2, -0.15) is 0 Å². The zero-order valence-corrected chi connectivity index (χ0v) is 14.5. The lowest BCUT2D eigenvalue weighted by molar-refractivity contribution is -0.150. The summed E-state index contributed by atoms with van der Waals surface area (Å²) in [5, 5.41) is 0. The van der Waals surface area contributed by atoms with Crippen LogP contribution in [0.25, 0.3) is 0 Å². The van der Waals surface area contributed by atoms with Crippen LogP contribution in [0.2, 0.25) is 0 Å². The molecule has 0 bridgehead atoms. The summed E-state index contributed by atoms with van der Waals surface area (Å²) in [4.78, 5) is 26.4. The van der Waals surface area contributed by atoms with E-state index in [2.05, 4.69) is 6.58 Å². The van der Waals surface area contributed by atoms with E-state index in [9.17, 15) is 9.59 Å². The summed E-state index contributed by atoms with van der Waals surface area (Å²) in [6, 6.07) is 8.61. The van der Waals surface area contributed by atoms with Crippen LogP contribution in [0.5, 0.6) is 0 Å². The molecule has 1 amide bonds. The van der Waals surface area contributed by atoms with E-state index in [1.165, 1.54) is 4.90 Å². The van der Waals surface area contributed by atoms with Gasteiger partial charge in [-0.25, -0.2) is 9.59 Å². The van der Waals surface area contributed by atoms with Crippen molar-refractivity contribution >= 4 is 12.1 Å². The molecule has 0 radical (unpaired) electrons. The summed E-state index contributed by atoms with van der Waals surface area (Å²) >= 11 is 0. The van der Waals surface area contributed by atoms with Gasteiger partial charge in [-0.3, -0.25) is 4.90 Å². The fourth-order valence-corrected chi connectivity index (χ4v) is 2.70. The van der Waals surface area contributed by atoms with E-state index < -0.39 is 23.7 Å². The lowest BCUT2D eigenvalue weighted by atomic mass is 10.2. The molecular weight excluding hydrogens is 306 g/mol. The number of nitrogens with zero attached hydrogens (tertiary/aromatic N) is 1. The first-order valence-corrected chi connectivity index (χ1v) is 8.16. The van der Waals surface area contributed by atoms with E-state index in [1.807, 2.05) is 30.3 Å². The van der Waals surface area contributed by atoms with Gasteiger partial charge in [-0.15, -0.1) is 6.58 Å². The van der Waals surface area contributed by atoms with Crippen LogP contribution in [0, 0.1) is 0 Å². The number of benzene rings is 1. The molecule has 130 valence electrons. The quantitative estimate of drug-likeness (QED) is 0.624. The van der Waals surface area contributed by atoms with Crippen LogP contribution in [-0.2, 0) is 20.9 Å². The highest BCUT2D eigenvalue weighted by Crippen LogP contribution is 2.28. The third-order valence-corrected chi connectivity index (χ3v) is 3.80. The average molecular weight is 331 g/mol. The SMILES string of the molecule is C=CC1CC[C@@H](C(=O)OCc2ccccc2)N1C(=O)OC(C)(C)C. The number of hydrogen-bond donors (Lipinski definition) is 0. The lowest BCUT2D eigenvalue weighted by Gasteiger charge is -2.30. The predicted octanol–water partition coefficient (Wildman–Crippen LogP) is 3.68. The minimum absolute atomic E-state index is 0.192. The van der Waals surface area contributed by atoms with Crippen molar-refractivity contribution in [2.45, 2.75) is 57.9 Å². The first-order valence-electron chi connectivity index (χ1n) is 8.16. The average Bonchev–Trinajstić information content (AvgIpc) is 2.96. The Kier molecular flexibility index (Phi) is 5.65. The van der Waals surface area contributed by atoms with Crippen LogP contribution in [0.4, 0.5) is 4.79 Å². The molecule has 24 heavy (non-hydrogen) atoms. The minimum Gasteiger partial charge on any atom is -0.459 e. The van der Waals surface area contributed by atoms with Crippen LogP contribution in [0.3, 0.4) is 0 Å². The van der Waals surface area contributed by atoms with Gasteiger partial charge in [-0.05, 0) is 39.2 Å². The minimum atomic E-state index is -0.633. The summed E-state index contributed by atoms with van der Waals surface area (Å²) in [5.74, 6) is -0.408. The molecule has 1 aromatic rings. The standard InChI is InChI=1S/C19H25NO4/c1-5-15-11-12-16(20(15)18(22)24-19(2,3)4)17(21)23-13-14-9-7-6-8-10-14/h5-10,15-16H,1,11-13H2,2-4H3/t15?,16-/m0/s1. The molecular formula is C19H25NO4. The van der Waals surface area contributed by atoms with Gasteiger partial charge in [0.2, 0.25) is 0 Å². The summed E-state index contributed by atoms with van der Waals surface area (Å²) in [6.07, 6.45) is 2.39. The van der Waals surface area contributed by atoms with Crippen molar-refractivity contribution in [3.05, 3.63) is 48.6 Å². The largest absolute Gasteiger partial charge is 0.459 e. The van der Waals surface area contributed by atoms with Crippen molar-refractivity contribution in [1.29, 1.82) is 0 Å². The number of ether oxygens (including phenoxy) is 2. The molecule has 1 aliphatic rings. The van der Waals surface area contributed by atoms with Crippen LogP contribution < -0.4 is 0 Å². The molecule has 0 aromatic heterocycles. The number of carbonyl (C=O) groups excluding carboxylic acids is 2. The van der Waals surface area contributed by atoms with Crippen molar-refractivity contribution < 1.29 is 19.1 Å². The molecule has 1 aromatic carbocycles. The van der Waals surface area contributed by atoms with Crippen LogP contribution >= 0.6 is 0 Å². The van der Waals surface area contributed by atoms with Gasteiger partial charge in [0, 0.05) is 0 Å². The van der Waals surface area contributed by atoms with Gasteiger partial charge in [0.25, 0.3) is 0 Å². The highest BCUT2D eigenvalue weighted by atomic mass is 16.6. The van der Waals surface area contributed by atoms with Crippen molar-refractivity contribution in [3.8, 4) is 0 Å². The summed E-state index contributed by atoms with van der Waals surface area (Å²) in [5.41, 5.74) is 0.289. The molecule has 0 N–H and O–H groups in total. The van der Waals surface area contributed by atoms with E-state index >= 15 is 0 Å². The third kappa shape index (κ3) is 4.60. The van der Waals surface area contributed by atoms with Gasteiger partial charge in [0.05, 0.1) is 6.04 Å². The molecule has 2 rings (SSSR count). The molecule has 2 atom stereocenters. The van der Waals surface area contributed by atoms with Crippen LogP contribution in [-0.4, -0.2) is 34.6 Å². The molecule has 1 unspecified atom stereocenters. The fourth-order valence-electron chi connectivity index (χ4n) is 2.70. The Morgan fingerprint density at radius 3 is 2.50 bits per heavy atom. The second kappa shape index (κ2) is 7.51. The Balaban J connectivity index is 2.04.